The fourth-order valence-electron chi connectivity index (χ4n) is 2.92. The second-order valence-corrected chi connectivity index (χ2v) is 5.80. The first-order chi connectivity index (χ1) is 10.2. The van der Waals surface area contributed by atoms with Gasteiger partial charge in [-0.05, 0) is 30.4 Å². The highest BCUT2D eigenvalue weighted by molar-refractivity contribution is 6.06. The number of nitrogens with zero attached hydrogens (tertiary/aromatic N) is 1. The summed E-state index contributed by atoms with van der Waals surface area (Å²) >= 11 is 0. The molecule has 2 nitrogen and oxygen atoms in total. The zero-order chi connectivity index (χ0) is 14.8. The third-order valence-electron chi connectivity index (χ3n) is 4.18. The van der Waals surface area contributed by atoms with E-state index >= 15 is 0 Å². The van der Waals surface area contributed by atoms with Crippen molar-refractivity contribution in [3.05, 3.63) is 53.7 Å². The molecule has 0 bridgehead atoms. The molecule has 0 aliphatic heterocycles. The van der Waals surface area contributed by atoms with Crippen molar-refractivity contribution in [1.29, 1.82) is 0 Å². The monoisotopic (exact) mass is 278 g/mol. The molecule has 1 heterocycles. The number of aromatic nitrogens is 1. The number of pyridine rings is 1. The molecule has 0 amide bonds. The molecule has 0 spiro atoms. The van der Waals surface area contributed by atoms with Crippen molar-refractivity contribution in [2.45, 2.75) is 39.2 Å². The molecule has 2 heteroatoms. The SMILES string of the molecule is CCCCC(N)c1cc(C)c2ccc3ccccc3c2n1. The van der Waals surface area contributed by atoms with Crippen molar-refractivity contribution in [2.24, 2.45) is 5.73 Å². The molecule has 21 heavy (non-hydrogen) atoms. The number of hydrogen-bond donors (Lipinski definition) is 1. The van der Waals surface area contributed by atoms with Gasteiger partial charge >= 0.3 is 0 Å². The number of hydrogen-bond acceptors (Lipinski definition) is 2. The summed E-state index contributed by atoms with van der Waals surface area (Å²) in [5.41, 5.74) is 9.68. The highest BCUT2D eigenvalue weighted by atomic mass is 14.8. The first-order valence-corrected chi connectivity index (χ1v) is 7.75. The smallest absolute Gasteiger partial charge is 0.0786 e. The first-order valence-electron chi connectivity index (χ1n) is 7.75. The minimum Gasteiger partial charge on any atom is -0.323 e. The standard InChI is InChI=1S/C19H22N2/c1-3-4-9-17(20)18-12-13(2)15-11-10-14-7-5-6-8-16(14)19(15)21-18/h5-8,10-12,17H,3-4,9,20H2,1-2H3. The zero-order valence-corrected chi connectivity index (χ0v) is 12.8. The molecule has 0 aliphatic carbocycles. The van der Waals surface area contributed by atoms with Crippen LogP contribution < -0.4 is 5.73 Å². The molecular weight excluding hydrogens is 256 g/mol. The Labute approximate surface area is 126 Å². The van der Waals surface area contributed by atoms with Crippen LogP contribution in [0, 0.1) is 6.92 Å². The summed E-state index contributed by atoms with van der Waals surface area (Å²) in [4.78, 5) is 4.89. The normalized spacial score (nSPS) is 12.9. The largest absolute Gasteiger partial charge is 0.323 e. The van der Waals surface area contributed by atoms with Crippen LogP contribution in [-0.2, 0) is 0 Å². The van der Waals surface area contributed by atoms with Crippen molar-refractivity contribution < 1.29 is 0 Å². The molecule has 0 radical (unpaired) electrons. The van der Waals surface area contributed by atoms with E-state index < -0.39 is 0 Å². The van der Waals surface area contributed by atoms with E-state index in [0.717, 1.165) is 24.1 Å². The van der Waals surface area contributed by atoms with Gasteiger partial charge in [-0.2, -0.15) is 0 Å². The van der Waals surface area contributed by atoms with Crippen LogP contribution in [0.4, 0.5) is 0 Å². The minimum atomic E-state index is 0.0343. The van der Waals surface area contributed by atoms with Gasteiger partial charge in [-0.25, -0.2) is 0 Å². The predicted octanol–water partition coefficient (Wildman–Crippen LogP) is 4.89. The summed E-state index contributed by atoms with van der Waals surface area (Å²) in [7, 11) is 0. The molecular formula is C19H22N2. The van der Waals surface area contributed by atoms with Crippen LogP contribution in [-0.4, -0.2) is 4.98 Å². The maximum absolute atomic E-state index is 6.32. The second kappa shape index (κ2) is 5.82. The summed E-state index contributed by atoms with van der Waals surface area (Å²) in [6, 6.07) is 14.9. The molecule has 108 valence electrons. The van der Waals surface area contributed by atoms with E-state index in [1.54, 1.807) is 0 Å². The molecule has 1 aromatic heterocycles. The van der Waals surface area contributed by atoms with E-state index in [0.29, 0.717) is 0 Å². The van der Waals surface area contributed by atoms with E-state index in [1.807, 2.05) is 0 Å². The summed E-state index contributed by atoms with van der Waals surface area (Å²) in [5, 5.41) is 3.67. The molecule has 3 aromatic rings. The fraction of sp³-hybridized carbons (Fsp3) is 0.316. The fourth-order valence-corrected chi connectivity index (χ4v) is 2.92. The van der Waals surface area contributed by atoms with Crippen LogP contribution in [0.25, 0.3) is 21.7 Å². The molecule has 1 atom stereocenters. The Bertz CT molecular complexity index is 777. The number of nitrogens with two attached hydrogens (primary N) is 1. The van der Waals surface area contributed by atoms with Crippen molar-refractivity contribution in [3.8, 4) is 0 Å². The molecule has 1 unspecified atom stereocenters. The van der Waals surface area contributed by atoms with Gasteiger partial charge in [0.15, 0.2) is 0 Å². The van der Waals surface area contributed by atoms with E-state index in [4.69, 9.17) is 10.7 Å². The Morgan fingerprint density at radius 2 is 1.90 bits per heavy atom. The Morgan fingerprint density at radius 1 is 1.10 bits per heavy atom. The van der Waals surface area contributed by atoms with E-state index in [1.165, 1.54) is 28.1 Å². The van der Waals surface area contributed by atoms with Crippen LogP contribution in [0.5, 0.6) is 0 Å². The lowest BCUT2D eigenvalue weighted by Crippen LogP contribution is -2.12. The molecule has 0 saturated carbocycles. The predicted molar refractivity (Wildman–Crippen MR) is 90.4 cm³/mol. The van der Waals surface area contributed by atoms with Crippen LogP contribution in [0.2, 0.25) is 0 Å². The lowest BCUT2D eigenvalue weighted by atomic mass is 10.00. The summed E-state index contributed by atoms with van der Waals surface area (Å²) in [6.07, 6.45) is 3.32. The van der Waals surface area contributed by atoms with Gasteiger partial charge in [-0.15, -0.1) is 0 Å². The second-order valence-electron chi connectivity index (χ2n) is 5.80. The maximum Gasteiger partial charge on any atom is 0.0786 e. The molecule has 2 aromatic carbocycles. The lowest BCUT2D eigenvalue weighted by molar-refractivity contribution is 0.592. The molecule has 3 rings (SSSR count). The molecule has 0 aliphatic rings. The van der Waals surface area contributed by atoms with Crippen molar-refractivity contribution in [1.82, 2.24) is 4.98 Å². The van der Waals surface area contributed by atoms with Gasteiger partial charge in [-0.3, -0.25) is 4.98 Å². The van der Waals surface area contributed by atoms with Gasteiger partial charge in [0.1, 0.15) is 0 Å². The van der Waals surface area contributed by atoms with Crippen LogP contribution >= 0.6 is 0 Å². The number of aryl methyl sites for hydroxylation is 1. The highest BCUT2D eigenvalue weighted by Crippen LogP contribution is 2.28. The quantitative estimate of drug-likeness (QED) is 0.690. The minimum absolute atomic E-state index is 0.0343. The van der Waals surface area contributed by atoms with Gasteiger partial charge in [0.05, 0.1) is 11.2 Å². The maximum atomic E-state index is 6.32. The number of unbranched alkanes of at least 4 members (excludes halogenated alkanes) is 1. The van der Waals surface area contributed by atoms with Crippen molar-refractivity contribution in [2.75, 3.05) is 0 Å². The Morgan fingerprint density at radius 3 is 2.71 bits per heavy atom. The van der Waals surface area contributed by atoms with Gasteiger partial charge in [-0.1, -0.05) is 56.2 Å². The van der Waals surface area contributed by atoms with Gasteiger partial charge in [0.25, 0.3) is 0 Å². The lowest BCUT2D eigenvalue weighted by Gasteiger charge is -2.14. The van der Waals surface area contributed by atoms with Crippen LogP contribution in [0.3, 0.4) is 0 Å². The van der Waals surface area contributed by atoms with E-state index in [2.05, 4.69) is 56.3 Å². The van der Waals surface area contributed by atoms with Gasteiger partial charge in [0.2, 0.25) is 0 Å². The average Bonchev–Trinajstić information content (AvgIpc) is 2.52. The highest BCUT2D eigenvalue weighted by Gasteiger charge is 2.11. The Kier molecular flexibility index (Phi) is 3.89. The zero-order valence-electron chi connectivity index (χ0n) is 12.8. The summed E-state index contributed by atoms with van der Waals surface area (Å²) in [6.45, 7) is 4.34. The summed E-state index contributed by atoms with van der Waals surface area (Å²) < 4.78 is 0. The average molecular weight is 278 g/mol. The van der Waals surface area contributed by atoms with Gasteiger partial charge in [0, 0.05) is 16.8 Å². The first kappa shape index (κ1) is 14.0. The van der Waals surface area contributed by atoms with Crippen molar-refractivity contribution >= 4 is 21.7 Å². The third-order valence-corrected chi connectivity index (χ3v) is 4.18. The van der Waals surface area contributed by atoms with E-state index in [9.17, 15) is 0 Å². The number of benzene rings is 2. The summed E-state index contributed by atoms with van der Waals surface area (Å²) in [5.74, 6) is 0. The van der Waals surface area contributed by atoms with Crippen LogP contribution in [0.1, 0.15) is 43.5 Å². The topological polar surface area (TPSA) is 38.9 Å². The van der Waals surface area contributed by atoms with E-state index in [-0.39, 0.29) is 6.04 Å². The Hall–Kier alpha value is -1.93. The van der Waals surface area contributed by atoms with Crippen LogP contribution in [0.15, 0.2) is 42.5 Å². The molecule has 0 saturated heterocycles. The Balaban J connectivity index is 2.18. The van der Waals surface area contributed by atoms with Crippen molar-refractivity contribution in [3.63, 3.8) is 0 Å². The molecule has 0 fully saturated rings. The number of fused-ring (bicyclic) bond motifs is 3. The number of rotatable bonds is 4. The third kappa shape index (κ3) is 2.64. The van der Waals surface area contributed by atoms with Gasteiger partial charge < -0.3 is 5.73 Å². The molecule has 2 N–H and O–H groups in total.